The number of hydrogen-bond donors (Lipinski definition) is 33. The molecule has 50 nitrogen and oxygen atoms in total. The van der Waals surface area contributed by atoms with Gasteiger partial charge >= 0.3 is 18.0 Å². The van der Waals surface area contributed by atoms with Gasteiger partial charge in [-0.15, -0.1) is 0 Å². The predicted molar refractivity (Wildman–Crippen MR) is 526 cm³/mol. The van der Waals surface area contributed by atoms with Crippen molar-refractivity contribution in [2.24, 2.45) is 45.9 Å². The van der Waals surface area contributed by atoms with Gasteiger partial charge in [-0.2, -0.15) is 0 Å². The summed E-state index contributed by atoms with van der Waals surface area (Å²) in [6.45, 7) is -0.276. The number of phenols is 2. The van der Waals surface area contributed by atoms with Crippen LogP contribution in [-0.4, -0.2) is 292 Å². The average Bonchev–Trinajstić information content (AvgIpc) is 1.68. The molecule has 6 rings (SSSR count). The van der Waals surface area contributed by atoms with Gasteiger partial charge in [0.2, 0.25) is 76.8 Å². The molecule has 2 heterocycles. The molecule has 141 heavy (non-hydrogen) atoms. The molecule has 2 aliphatic heterocycles. The maximum atomic E-state index is 16.0. The van der Waals surface area contributed by atoms with Gasteiger partial charge in [0, 0.05) is 76.5 Å². The molecule has 2 fully saturated rings. The van der Waals surface area contributed by atoms with Crippen LogP contribution in [0.15, 0.2) is 91.0 Å². The number of carbonyl (C=O) groups is 16. The second kappa shape index (κ2) is 61.2. The van der Waals surface area contributed by atoms with E-state index in [0.29, 0.717) is 40.1 Å². The number of carboxylic acids is 2. The summed E-state index contributed by atoms with van der Waals surface area (Å²) in [7, 11) is 1.43. The zero-order valence-corrected chi connectivity index (χ0v) is 79.9. The van der Waals surface area contributed by atoms with Crippen molar-refractivity contribution in [2.75, 3.05) is 63.9 Å². The van der Waals surface area contributed by atoms with Gasteiger partial charge in [-0.1, -0.05) is 88.3 Å². The second-order valence-corrected chi connectivity index (χ2v) is 36.5. The number of urea groups is 1. The molecule has 0 unspecified atom stereocenters. The fourth-order valence-corrected chi connectivity index (χ4v) is 17.6. The fourth-order valence-electron chi connectivity index (χ4n) is 15.2. The number of nitrogens with zero attached hydrogens (tertiary/aromatic N) is 1. The summed E-state index contributed by atoms with van der Waals surface area (Å²) < 4.78 is 0. The maximum absolute atomic E-state index is 16.0. The van der Waals surface area contributed by atoms with Gasteiger partial charge in [-0.05, 0) is 187 Å². The van der Waals surface area contributed by atoms with Crippen LogP contribution in [0.5, 0.6) is 11.5 Å². The van der Waals surface area contributed by atoms with Crippen molar-refractivity contribution < 1.29 is 97.1 Å². The number of hydrogen-bond acceptors (Lipinski definition) is 27. The lowest BCUT2D eigenvalue weighted by Gasteiger charge is -2.31. The molecule has 0 spiro atoms. The molecule has 0 radical (unpaired) electrons. The largest absolute Gasteiger partial charge is 0.508 e. The Labute approximate surface area is 822 Å². The van der Waals surface area contributed by atoms with Gasteiger partial charge in [0.1, 0.15) is 90.0 Å². The van der Waals surface area contributed by atoms with Crippen LogP contribution in [0.2, 0.25) is 0 Å². The van der Waals surface area contributed by atoms with E-state index in [1.54, 1.807) is 36.4 Å². The zero-order chi connectivity index (χ0) is 104. The van der Waals surface area contributed by atoms with E-state index in [9.17, 15) is 39.6 Å². The van der Waals surface area contributed by atoms with Crippen LogP contribution >= 0.6 is 21.6 Å². The Balaban J connectivity index is 1.62. The average molecular weight is 2010 g/mol. The minimum absolute atomic E-state index is 0.00800. The van der Waals surface area contributed by atoms with Crippen molar-refractivity contribution in [3.63, 3.8) is 0 Å². The molecule has 52 heteroatoms. The van der Waals surface area contributed by atoms with E-state index in [1.165, 1.54) is 53.4 Å². The van der Waals surface area contributed by atoms with Gasteiger partial charge < -0.3 is 162 Å². The number of benzene rings is 4. The van der Waals surface area contributed by atoms with Crippen LogP contribution in [0.4, 0.5) is 4.79 Å². The first-order chi connectivity index (χ1) is 67.2. The van der Waals surface area contributed by atoms with E-state index in [2.05, 4.69) is 90.4 Å². The highest BCUT2D eigenvalue weighted by molar-refractivity contribution is 8.76. The highest BCUT2D eigenvalue weighted by Gasteiger charge is 2.43. The molecule has 2 aliphatic rings. The quantitative estimate of drug-likeness (QED) is 0.00849. The molecule has 0 bridgehead atoms. The Kier molecular flexibility index (Phi) is 50.1. The zero-order valence-electron chi connectivity index (χ0n) is 78.3. The Morgan fingerprint density at radius 1 is 0.433 bits per heavy atom. The molecule has 774 valence electrons. The molecule has 4 aromatic rings. The predicted octanol–water partition coefficient (Wildman–Crippen LogP) is -5.48. The summed E-state index contributed by atoms with van der Waals surface area (Å²) in [6.07, 6.45) is -2.85. The molecule has 0 saturated carbocycles. The number of fused-ring (bicyclic) bond motifs is 2. The summed E-state index contributed by atoms with van der Waals surface area (Å²) in [6, 6.07) is -1.15. The second-order valence-electron chi connectivity index (χ2n) is 33.9. The monoisotopic (exact) mass is 2010 g/mol. The molecule has 41 N–H and O–H groups in total. The number of aromatic hydroxyl groups is 2. The molecule has 2 saturated heterocycles. The normalized spacial score (nSPS) is 20.4. The first-order valence-electron chi connectivity index (χ1n) is 46.4. The number of carbonyl (C=O) groups excluding carboxylic acids is 14. The topological polar surface area (TPSA) is 865 Å². The minimum Gasteiger partial charge on any atom is -0.508 e. The number of aliphatic carboxylic acids is 2. The van der Waals surface area contributed by atoms with Crippen molar-refractivity contribution >= 4 is 151 Å². The van der Waals surface area contributed by atoms with Crippen LogP contribution < -0.4 is 136 Å². The van der Waals surface area contributed by atoms with Gasteiger partial charge in [-0.25, -0.2) is 9.59 Å². The van der Waals surface area contributed by atoms with Crippen molar-refractivity contribution in [3.8, 4) is 11.5 Å². The third-order valence-corrected chi connectivity index (χ3v) is 25.2. The molecular weight excluding hydrogens is 1870 g/mol. The summed E-state index contributed by atoms with van der Waals surface area (Å²) in [5.41, 5.74) is 47.0. The highest BCUT2D eigenvalue weighted by atomic mass is 33.1. The van der Waals surface area contributed by atoms with Gasteiger partial charge in [0.15, 0.2) is 23.8 Å². The van der Waals surface area contributed by atoms with Crippen LogP contribution in [0.3, 0.4) is 0 Å². The number of amides is 15. The number of primary amides is 1. The van der Waals surface area contributed by atoms with E-state index in [0.717, 1.165) is 16.2 Å². The summed E-state index contributed by atoms with van der Waals surface area (Å²) >= 11 is 0. The lowest BCUT2D eigenvalue weighted by Crippen LogP contribution is -2.61. The van der Waals surface area contributed by atoms with E-state index >= 15 is 57.5 Å². The number of rotatable bonds is 46. The molecule has 15 amide bonds. The molecular formula is C89H136N30O20S2. The summed E-state index contributed by atoms with van der Waals surface area (Å²) in [5.74, 6) is -19.8. The molecule has 4 aromatic carbocycles. The lowest BCUT2D eigenvalue weighted by atomic mass is 10.00. The van der Waals surface area contributed by atoms with Crippen LogP contribution in [0, 0.1) is 21.6 Å². The van der Waals surface area contributed by atoms with Crippen LogP contribution in [0.25, 0.3) is 10.8 Å². The smallest absolute Gasteiger partial charge is 0.326 e. The third kappa shape index (κ3) is 42.5. The Morgan fingerprint density at radius 3 is 1.33 bits per heavy atom. The number of carboxylic acid groups (broad SMARTS) is 2. The number of phenolic OH excluding ortho intramolecular Hbond substituents is 2. The van der Waals surface area contributed by atoms with Crippen molar-refractivity contribution in [1.82, 2.24) is 95.3 Å². The highest BCUT2D eigenvalue weighted by Crippen LogP contribution is 2.27. The summed E-state index contributed by atoms with van der Waals surface area (Å²) in [4.78, 5) is 237. The van der Waals surface area contributed by atoms with Crippen LogP contribution in [-0.2, 0) is 91.2 Å². The number of nitrogens with one attached hydrogen (secondary N) is 21. The Morgan fingerprint density at radius 2 is 0.851 bits per heavy atom. The van der Waals surface area contributed by atoms with Crippen molar-refractivity contribution in [1.29, 1.82) is 21.6 Å². The first kappa shape index (κ1) is 115. The van der Waals surface area contributed by atoms with Gasteiger partial charge in [-0.3, -0.25) is 88.8 Å². The minimum atomic E-state index is -1.93. The van der Waals surface area contributed by atoms with E-state index in [4.69, 9.17) is 67.5 Å². The fraction of sp³-hybridized carbons (Fsp3) is 0.528. The van der Waals surface area contributed by atoms with E-state index in [1.807, 2.05) is 6.07 Å². The molecule has 14 atom stereocenters. The third-order valence-electron chi connectivity index (χ3n) is 22.8. The van der Waals surface area contributed by atoms with E-state index in [-0.39, 0.29) is 185 Å². The molecule has 0 aromatic heterocycles. The Bertz CT molecular complexity index is 4940. The Hall–Kier alpha value is -14.3. The van der Waals surface area contributed by atoms with Gasteiger partial charge in [0.05, 0.1) is 6.04 Å². The standard InChI is InChI=1S/C89H136N30O20S2/c90-35-5-3-15-57-74(127)112-62(16-4-6-36-91)83(136)119-42-12-22-69(119)82(135)116-65(45-50-26-31-55(121)32-27-50)78(131)111-60(19-9-39-104-87(97)98)73(126)109-61(20-10-41-106-89(101)139)76(129)117-67(80(133)113-63(84(137)138)21-11-40-105-88(99)100)47-140-141-48-68(81(134)115-64(44-49-24-29-54(120)30-25-49)77(130)110-59(72(125)108-57)18-8-38-103-86(95)96)118-79(132)66(46-51-23-28-52-13-1-2-14-53(52)43-51)114-75(128)58(17-7-37-102-85(93)94)107-71(124)56(92)33-34-70(122)123/h1-2,13-14,23-32,43,56-69,120-121H,3-12,15-22,33-42,44-48,90-92H2,(H,107,124)(H,108,125)(H,109,126)(H,110,130)(H,111,131)(H,112,127)(H,113,133)(H,114,128)(H,115,134)(H,116,135)(H,117,129)(H,118,132)(H,122,123)(H,137,138)(H4,93,94,102)(H4,95,96,103)(H4,97,98,104)(H4,99,100,105)(H3,101,106,139)/t56-,57-,58-,59-,60-,61-,62+,63-,64-,65-,66-,67-,68-,69-/m0/s1. The number of guanidine groups is 4. The van der Waals surface area contributed by atoms with Crippen molar-refractivity contribution in [2.45, 2.75) is 232 Å². The van der Waals surface area contributed by atoms with Crippen molar-refractivity contribution in [3.05, 3.63) is 108 Å². The first-order valence-corrected chi connectivity index (χ1v) is 48.9. The SMILES string of the molecule is N=C(N)NCCC[C@H](NC(=O)[C@@H]1CSSC[C@H](NC(=O)[C@H](Cc2ccc3ccccc3c2)NC(=O)[C@H](CCCNC(=N)N)NC(=O)[C@@H](N)CCC(=O)O)C(=O)N[C@@H](Cc2ccc(O)cc2)C(=O)N[C@@H](CCCNC(=N)N)C(=O)N[C@@H](CCCCN)C(=O)N[C@H](CCCCN)C(=O)N2CCC[C@H]2C(=O)N[C@@H](Cc2ccc(O)cc2)C(=O)N[C@@H](CCCNC(=N)N)C(=O)N[C@@H](CCCNC(N)=O)C(=O)N1)C(=O)O. The maximum Gasteiger partial charge on any atom is 0.326 e. The summed E-state index contributed by atoms with van der Waals surface area (Å²) in [5, 5.41) is 118. The number of unbranched alkanes of at least 4 members (excludes halogenated alkanes) is 2. The van der Waals surface area contributed by atoms with E-state index < -0.39 is 234 Å². The van der Waals surface area contributed by atoms with Crippen LogP contribution in [0.1, 0.15) is 145 Å². The molecule has 0 aliphatic carbocycles. The lowest BCUT2D eigenvalue weighted by molar-refractivity contribution is -0.143. The number of nitrogens with two attached hydrogens (primary N) is 8. The van der Waals surface area contributed by atoms with Gasteiger partial charge in [0.25, 0.3) is 0 Å².